The Bertz CT molecular complexity index is 1880. The molecule has 0 bridgehead atoms. The average Bonchev–Trinajstić information content (AvgIpc) is 3.63. The molecule has 51 heavy (non-hydrogen) atoms. The standard InChI is InChI=1S/C18H24F2N4O3.C17H24N4O3/c1-18(2,3)27-17(25)21-12-6-4-5-11(9-12)15-23-22-14-10-13(26-16(19)20)7-8-24(14)15;1-17(2,3)21(16(23)24)12-6-4-5-11(9-12)15-19-18-14-10-13(22)7-8-20(14)15/h7-8,10-12,16H,4-6,9H2,1-3H3,(H,21,25);7-8,10-12,18H,4-6,9H2,1-3H3,(H,23,24)/t2*11-,12+/m00/s1. The molecule has 0 aliphatic heterocycles. The maximum atomic E-state index is 12.4. The van der Waals surface area contributed by atoms with E-state index in [4.69, 9.17) is 4.74 Å². The van der Waals surface area contributed by atoms with Gasteiger partial charge in [0.1, 0.15) is 28.6 Å². The first-order chi connectivity index (χ1) is 24.0. The number of H-pyrrole nitrogens is 1. The SMILES string of the molecule is CC(C)(C)N(C(=O)O)[C@@H]1CCC[C@H](c2n[nH]c3cc(=O)ccn23)C1.CC(C)(C)OC(=O)N[C@@H]1CCC[C@H](c2nnc3cc(OC(F)F)ccn23)C1. The molecule has 4 atom stereocenters. The lowest BCUT2D eigenvalue weighted by molar-refractivity contribution is -0.0498. The number of ether oxygens (including phenoxy) is 2. The van der Waals surface area contributed by atoms with Gasteiger partial charge in [-0.1, -0.05) is 12.8 Å². The number of hydrogen-bond acceptors (Lipinski definition) is 8. The molecule has 6 rings (SSSR count). The number of halogens is 2. The number of alkyl carbamates (subject to hydrolysis) is 1. The fourth-order valence-corrected chi connectivity index (χ4v) is 7.22. The van der Waals surface area contributed by atoms with Crippen LogP contribution in [-0.2, 0) is 4.74 Å². The van der Waals surface area contributed by atoms with Gasteiger partial charge in [-0.05, 0) is 86.1 Å². The zero-order valence-corrected chi connectivity index (χ0v) is 29.9. The van der Waals surface area contributed by atoms with Crippen LogP contribution >= 0.6 is 0 Å². The zero-order chi connectivity index (χ0) is 37.1. The van der Waals surface area contributed by atoms with Gasteiger partial charge in [-0.15, -0.1) is 10.2 Å². The van der Waals surface area contributed by atoms with Crippen molar-refractivity contribution in [2.75, 3.05) is 0 Å². The topological polar surface area (TPSA) is 168 Å². The third kappa shape index (κ3) is 9.52. The number of aromatic nitrogens is 6. The maximum Gasteiger partial charge on any atom is 0.407 e. The summed E-state index contributed by atoms with van der Waals surface area (Å²) in [6, 6.07) is 5.91. The largest absolute Gasteiger partial charge is 0.465 e. The second-order valence-corrected chi connectivity index (χ2v) is 15.3. The van der Waals surface area contributed by atoms with Crippen molar-refractivity contribution < 1.29 is 33.0 Å². The number of alkyl halides is 2. The molecule has 3 N–H and O–H groups in total. The van der Waals surface area contributed by atoms with E-state index in [0.29, 0.717) is 11.3 Å². The molecule has 0 radical (unpaired) electrons. The Labute approximate surface area is 294 Å². The first kappa shape index (κ1) is 37.5. The summed E-state index contributed by atoms with van der Waals surface area (Å²) < 4.78 is 38.1. The van der Waals surface area contributed by atoms with Gasteiger partial charge in [0.25, 0.3) is 0 Å². The molecule has 4 aromatic heterocycles. The summed E-state index contributed by atoms with van der Waals surface area (Å²) in [4.78, 5) is 36.8. The third-order valence-electron chi connectivity index (χ3n) is 9.16. The van der Waals surface area contributed by atoms with Crippen molar-refractivity contribution in [1.29, 1.82) is 0 Å². The predicted octanol–water partition coefficient (Wildman–Crippen LogP) is 6.71. The number of hydrogen-bond donors (Lipinski definition) is 3. The number of carbonyl (C=O) groups excluding carboxylic acids is 1. The van der Waals surface area contributed by atoms with Crippen LogP contribution in [0.3, 0.4) is 0 Å². The highest BCUT2D eigenvalue weighted by Crippen LogP contribution is 2.37. The van der Waals surface area contributed by atoms with Gasteiger partial charge < -0.3 is 24.8 Å². The number of carboxylic acid groups (broad SMARTS) is 1. The highest BCUT2D eigenvalue weighted by Gasteiger charge is 2.37. The van der Waals surface area contributed by atoms with Crippen molar-refractivity contribution in [2.24, 2.45) is 0 Å². The molecule has 16 heteroatoms. The Morgan fingerprint density at radius 3 is 2.31 bits per heavy atom. The van der Waals surface area contributed by atoms with Gasteiger partial charge in [0, 0.05) is 60.1 Å². The number of amides is 2. The highest BCUT2D eigenvalue weighted by molar-refractivity contribution is 5.68. The van der Waals surface area contributed by atoms with Gasteiger partial charge in [0.15, 0.2) is 11.1 Å². The lowest BCUT2D eigenvalue weighted by atomic mass is 9.83. The van der Waals surface area contributed by atoms with Gasteiger partial charge in [-0.3, -0.25) is 18.7 Å². The molecule has 2 amide bonds. The van der Waals surface area contributed by atoms with Crippen molar-refractivity contribution in [3.8, 4) is 5.75 Å². The minimum absolute atomic E-state index is 0.00705. The van der Waals surface area contributed by atoms with Crippen LogP contribution in [0, 0.1) is 0 Å². The molecule has 4 aromatic rings. The fraction of sp³-hybridized carbons (Fsp3) is 0.600. The fourth-order valence-electron chi connectivity index (χ4n) is 7.22. The Hall–Kier alpha value is -4.76. The van der Waals surface area contributed by atoms with Crippen LogP contribution in [-0.4, -0.2) is 81.2 Å². The van der Waals surface area contributed by atoms with E-state index in [0.717, 1.165) is 63.0 Å². The number of carbonyl (C=O) groups is 2. The van der Waals surface area contributed by atoms with Crippen LogP contribution in [0.1, 0.15) is 116 Å². The molecule has 2 saturated carbocycles. The minimum atomic E-state index is -2.88. The van der Waals surface area contributed by atoms with Gasteiger partial charge in [-0.25, -0.2) is 9.59 Å². The molecular formula is C35H48F2N8O6. The normalized spacial score (nSPS) is 21.2. The smallest absolute Gasteiger partial charge is 0.407 e. The lowest BCUT2D eigenvalue weighted by Crippen LogP contribution is -2.52. The molecule has 2 aliphatic carbocycles. The Morgan fingerprint density at radius 2 is 1.65 bits per heavy atom. The second-order valence-electron chi connectivity index (χ2n) is 15.3. The van der Waals surface area contributed by atoms with Gasteiger partial charge in [-0.2, -0.15) is 13.9 Å². The summed E-state index contributed by atoms with van der Waals surface area (Å²) in [7, 11) is 0. The molecular weight excluding hydrogens is 666 g/mol. The van der Waals surface area contributed by atoms with E-state index in [-0.39, 0.29) is 35.1 Å². The summed E-state index contributed by atoms with van der Waals surface area (Å²) in [5.74, 6) is 1.95. The van der Waals surface area contributed by atoms with Crippen molar-refractivity contribution >= 4 is 23.5 Å². The molecule has 0 saturated heterocycles. The predicted molar refractivity (Wildman–Crippen MR) is 184 cm³/mol. The molecule has 0 unspecified atom stereocenters. The lowest BCUT2D eigenvalue weighted by Gasteiger charge is -2.42. The monoisotopic (exact) mass is 714 g/mol. The number of nitrogens with one attached hydrogen (secondary N) is 2. The van der Waals surface area contributed by atoms with E-state index >= 15 is 0 Å². The average molecular weight is 715 g/mol. The quantitative estimate of drug-likeness (QED) is 0.197. The first-order valence-corrected chi connectivity index (χ1v) is 17.4. The Kier molecular flexibility index (Phi) is 11.2. The number of rotatable bonds is 6. The molecule has 14 nitrogen and oxygen atoms in total. The minimum Gasteiger partial charge on any atom is -0.465 e. The van der Waals surface area contributed by atoms with E-state index in [2.05, 4.69) is 30.4 Å². The van der Waals surface area contributed by atoms with Crippen LogP contribution in [0.2, 0.25) is 0 Å². The number of aromatic amines is 1. The molecule has 2 aliphatic rings. The summed E-state index contributed by atoms with van der Waals surface area (Å²) in [6.07, 6.45) is 9.07. The van der Waals surface area contributed by atoms with E-state index in [1.807, 2.05) is 45.9 Å². The van der Waals surface area contributed by atoms with Crippen molar-refractivity contribution in [1.82, 2.24) is 39.4 Å². The second kappa shape index (κ2) is 15.2. The Morgan fingerprint density at radius 1 is 0.961 bits per heavy atom. The summed E-state index contributed by atoms with van der Waals surface area (Å²) in [5, 5.41) is 28.2. The number of nitrogens with zero attached hydrogens (tertiary/aromatic N) is 6. The summed E-state index contributed by atoms with van der Waals surface area (Å²) >= 11 is 0. The van der Waals surface area contributed by atoms with E-state index < -0.39 is 29.9 Å². The van der Waals surface area contributed by atoms with Crippen molar-refractivity contribution in [3.63, 3.8) is 0 Å². The molecule has 278 valence electrons. The summed E-state index contributed by atoms with van der Waals surface area (Å²) in [6.45, 7) is 8.38. The van der Waals surface area contributed by atoms with E-state index in [1.54, 1.807) is 21.7 Å². The highest BCUT2D eigenvalue weighted by atomic mass is 19.3. The van der Waals surface area contributed by atoms with Crippen LogP contribution in [0.5, 0.6) is 5.75 Å². The van der Waals surface area contributed by atoms with Gasteiger partial charge >= 0.3 is 18.8 Å². The molecule has 4 heterocycles. The van der Waals surface area contributed by atoms with Crippen LogP contribution in [0.25, 0.3) is 11.3 Å². The van der Waals surface area contributed by atoms with Crippen molar-refractivity contribution in [3.05, 3.63) is 58.5 Å². The first-order valence-electron chi connectivity index (χ1n) is 17.4. The zero-order valence-electron chi connectivity index (χ0n) is 29.9. The maximum absolute atomic E-state index is 12.4. The Balaban J connectivity index is 0.000000199. The van der Waals surface area contributed by atoms with E-state index in [9.17, 15) is 28.3 Å². The molecule has 0 aromatic carbocycles. The number of pyridine rings is 2. The van der Waals surface area contributed by atoms with E-state index in [1.165, 1.54) is 24.3 Å². The van der Waals surface area contributed by atoms with Crippen LogP contribution in [0.4, 0.5) is 18.4 Å². The number of fused-ring (bicyclic) bond motifs is 2. The van der Waals surface area contributed by atoms with Crippen LogP contribution in [0.15, 0.2) is 41.5 Å². The molecule has 2 fully saturated rings. The van der Waals surface area contributed by atoms with Gasteiger partial charge in [0.05, 0.1) is 0 Å². The summed E-state index contributed by atoms with van der Waals surface area (Å²) in [5.41, 5.74) is 0.0862. The third-order valence-corrected chi connectivity index (χ3v) is 9.16. The van der Waals surface area contributed by atoms with Crippen LogP contribution < -0.4 is 15.5 Å². The van der Waals surface area contributed by atoms with Gasteiger partial charge in [0.2, 0.25) is 0 Å². The van der Waals surface area contributed by atoms with Crippen molar-refractivity contribution in [2.45, 2.75) is 135 Å². The molecule has 0 spiro atoms.